The van der Waals surface area contributed by atoms with Crippen molar-refractivity contribution in [2.75, 3.05) is 19.5 Å². The van der Waals surface area contributed by atoms with E-state index >= 15 is 0 Å². The molecule has 1 unspecified atom stereocenters. The lowest BCUT2D eigenvalue weighted by Gasteiger charge is -2.18. The number of ether oxygens (including phenoxy) is 2. The predicted molar refractivity (Wildman–Crippen MR) is 83.3 cm³/mol. The van der Waals surface area contributed by atoms with Crippen LogP contribution in [0.25, 0.3) is 0 Å². The van der Waals surface area contributed by atoms with Gasteiger partial charge in [-0.15, -0.1) is 0 Å². The Bertz CT molecular complexity index is 424. The molecule has 1 aromatic rings. The molecule has 0 aromatic heterocycles. The first kappa shape index (κ1) is 15.6. The quantitative estimate of drug-likeness (QED) is 0.784. The van der Waals surface area contributed by atoms with Gasteiger partial charge < -0.3 is 20.1 Å². The van der Waals surface area contributed by atoms with Gasteiger partial charge in [-0.1, -0.05) is 13.3 Å². The lowest BCUT2D eigenvalue weighted by atomic mass is 10.2. The first-order valence-corrected chi connectivity index (χ1v) is 6.81. The molecular formula is C14H22N2O2S. The number of methoxy groups -OCH3 is 2. The van der Waals surface area contributed by atoms with E-state index in [1.807, 2.05) is 18.2 Å². The van der Waals surface area contributed by atoms with Crippen LogP contribution in [0.3, 0.4) is 0 Å². The number of rotatable bonds is 6. The second kappa shape index (κ2) is 7.84. The Labute approximate surface area is 120 Å². The molecule has 0 heterocycles. The average Bonchev–Trinajstić information content (AvgIpc) is 2.39. The minimum absolute atomic E-state index is 0.356. The Hall–Kier alpha value is -1.49. The summed E-state index contributed by atoms with van der Waals surface area (Å²) in [5, 5.41) is 6.99. The Morgan fingerprint density at radius 1 is 1.32 bits per heavy atom. The van der Waals surface area contributed by atoms with Crippen LogP contribution < -0.4 is 20.1 Å². The van der Waals surface area contributed by atoms with Gasteiger partial charge in [0.05, 0.1) is 19.9 Å². The van der Waals surface area contributed by atoms with E-state index < -0.39 is 0 Å². The van der Waals surface area contributed by atoms with Crippen LogP contribution in [0.1, 0.15) is 26.7 Å². The molecule has 0 aliphatic carbocycles. The molecule has 2 N–H and O–H groups in total. The Balaban J connectivity index is 2.68. The molecule has 0 bridgehead atoms. The zero-order valence-electron chi connectivity index (χ0n) is 11.9. The fourth-order valence-corrected chi connectivity index (χ4v) is 2.10. The number of hydrogen-bond acceptors (Lipinski definition) is 3. The second-order valence-electron chi connectivity index (χ2n) is 4.35. The number of hydrogen-bond donors (Lipinski definition) is 2. The summed E-state index contributed by atoms with van der Waals surface area (Å²) in [5.74, 6) is 1.45. The smallest absolute Gasteiger partial charge is 0.171 e. The molecule has 0 aliphatic heterocycles. The zero-order chi connectivity index (χ0) is 14.3. The van der Waals surface area contributed by atoms with Gasteiger partial charge in [0, 0.05) is 12.1 Å². The Morgan fingerprint density at radius 2 is 2.05 bits per heavy atom. The molecule has 1 rings (SSSR count). The molecule has 0 saturated carbocycles. The normalized spacial score (nSPS) is 11.6. The monoisotopic (exact) mass is 282 g/mol. The van der Waals surface area contributed by atoms with Crippen molar-refractivity contribution < 1.29 is 9.47 Å². The fourth-order valence-electron chi connectivity index (χ4n) is 1.79. The highest BCUT2D eigenvalue weighted by atomic mass is 32.1. The summed E-state index contributed by atoms with van der Waals surface area (Å²) in [5.41, 5.74) is 0.824. The number of nitrogens with one attached hydrogen (secondary N) is 2. The average molecular weight is 282 g/mol. The topological polar surface area (TPSA) is 42.5 Å². The molecule has 106 valence electrons. The van der Waals surface area contributed by atoms with Crippen molar-refractivity contribution in [2.24, 2.45) is 0 Å². The van der Waals surface area contributed by atoms with E-state index in [4.69, 9.17) is 21.7 Å². The maximum Gasteiger partial charge on any atom is 0.171 e. The summed E-state index contributed by atoms with van der Waals surface area (Å²) in [4.78, 5) is 0. The van der Waals surface area contributed by atoms with Gasteiger partial charge in [0.1, 0.15) is 11.5 Å². The first-order valence-electron chi connectivity index (χ1n) is 6.40. The largest absolute Gasteiger partial charge is 0.497 e. The van der Waals surface area contributed by atoms with E-state index in [0.29, 0.717) is 16.9 Å². The maximum atomic E-state index is 5.31. The van der Waals surface area contributed by atoms with Crippen LogP contribution in [0.2, 0.25) is 0 Å². The SMILES string of the molecule is CCCC(C)NC(=S)Nc1ccc(OC)cc1OC. The van der Waals surface area contributed by atoms with E-state index in [1.165, 1.54) is 0 Å². The van der Waals surface area contributed by atoms with Crippen molar-refractivity contribution in [3.8, 4) is 11.5 Å². The molecule has 0 amide bonds. The van der Waals surface area contributed by atoms with Gasteiger partial charge in [-0.05, 0) is 37.7 Å². The highest BCUT2D eigenvalue weighted by molar-refractivity contribution is 7.80. The molecule has 0 radical (unpaired) electrons. The van der Waals surface area contributed by atoms with Crippen LogP contribution in [0.5, 0.6) is 11.5 Å². The molecule has 1 atom stereocenters. The second-order valence-corrected chi connectivity index (χ2v) is 4.76. The van der Waals surface area contributed by atoms with Crippen molar-refractivity contribution >= 4 is 23.0 Å². The zero-order valence-corrected chi connectivity index (χ0v) is 12.8. The van der Waals surface area contributed by atoms with Gasteiger partial charge in [-0.25, -0.2) is 0 Å². The van der Waals surface area contributed by atoms with E-state index in [-0.39, 0.29) is 0 Å². The summed E-state index contributed by atoms with van der Waals surface area (Å²) in [6.07, 6.45) is 2.21. The molecule has 0 spiro atoms. The van der Waals surface area contributed by atoms with Crippen molar-refractivity contribution in [3.63, 3.8) is 0 Å². The third kappa shape index (κ3) is 4.95. The minimum Gasteiger partial charge on any atom is -0.497 e. The highest BCUT2D eigenvalue weighted by Crippen LogP contribution is 2.28. The third-order valence-corrected chi connectivity index (χ3v) is 2.98. The van der Waals surface area contributed by atoms with E-state index in [0.717, 1.165) is 24.3 Å². The standard InChI is InChI=1S/C14H22N2O2S/c1-5-6-10(2)15-14(19)16-12-8-7-11(17-3)9-13(12)18-4/h7-10H,5-6H2,1-4H3,(H2,15,16,19). The van der Waals surface area contributed by atoms with Crippen molar-refractivity contribution in [1.82, 2.24) is 5.32 Å². The number of thiocarbonyl (C=S) groups is 1. The van der Waals surface area contributed by atoms with Crippen LogP contribution in [-0.2, 0) is 0 Å². The van der Waals surface area contributed by atoms with Crippen LogP contribution >= 0.6 is 12.2 Å². The van der Waals surface area contributed by atoms with Crippen LogP contribution in [0.4, 0.5) is 5.69 Å². The van der Waals surface area contributed by atoms with Crippen LogP contribution in [-0.4, -0.2) is 25.4 Å². The third-order valence-electron chi connectivity index (χ3n) is 2.76. The molecule has 0 saturated heterocycles. The molecule has 4 nitrogen and oxygen atoms in total. The van der Waals surface area contributed by atoms with Crippen molar-refractivity contribution in [1.29, 1.82) is 0 Å². The van der Waals surface area contributed by atoms with Crippen LogP contribution in [0.15, 0.2) is 18.2 Å². The predicted octanol–water partition coefficient (Wildman–Crippen LogP) is 3.18. The minimum atomic E-state index is 0.356. The van der Waals surface area contributed by atoms with E-state index in [1.54, 1.807) is 14.2 Å². The molecule has 0 aliphatic rings. The molecule has 5 heteroatoms. The number of benzene rings is 1. The lowest BCUT2D eigenvalue weighted by Crippen LogP contribution is -2.35. The maximum absolute atomic E-state index is 5.31. The van der Waals surface area contributed by atoms with Gasteiger partial charge in [0.25, 0.3) is 0 Å². The summed E-state index contributed by atoms with van der Waals surface area (Å²) >= 11 is 5.29. The lowest BCUT2D eigenvalue weighted by molar-refractivity contribution is 0.395. The molecule has 19 heavy (non-hydrogen) atoms. The van der Waals surface area contributed by atoms with Gasteiger partial charge in [0.2, 0.25) is 0 Å². The summed E-state index contributed by atoms with van der Waals surface area (Å²) in [6.45, 7) is 4.27. The van der Waals surface area contributed by atoms with Crippen molar-refractivity contribution in [2.45, 2.75) is 32.7 Å². The van der Waals surface area contributed by atoms with Crippen LogP contribution in [0, 0.1) is 0 Å². The molecule has 0 fully saturated rings. The summed E-state index contributed by atoms with van der Waals surface area (Å²) in [7, 11) is 3.25. The Kier molecular flexibility index (Phi) is 6.42. The highest BCUT2D eigenvalue weighted by Gasteiger charge is 2.08. The van der Waals surface area contributed by atoms with Crippen molar-refractivity contribution in [3.05, 3.63) is 18.2 Å². The van der Waals surface area contributed by atoms with Gasteiger partial charge in [-0.2, -0.15) is 0 Å². The summed E-state index contributed by atoms with van der Waals surface area (Å²) in [6, 6.07) is 5.92. The van der Waals surface area contributed by atoms with Gasteiger partial charge in [0.15, 0.2) is 5.11 Å². The molecule has 1 aromatic carbocycles. The number of anilines is 1. The summed E-state index contributed by atoms with van der Waals surface area (Å²) < 4.78 is 10.5. The van der Waals surface area contributed by atoms with Gasteiger partial charge >= 0.3 is 0 Å². The first-order chi connectivity index (χ1) is 9.10. The Morgan fingerprint density at radius 3 is 2.63 bits per heavy atom. The van der Waals surface area contributed by atoms with Gasteiger partial charge in [-0.3, -0.25) is 0 Å². The molecular weight excluding hydrogens is 260 g/mol. The fraction of sp³-hybridized carbons (Fsp3) is 0.500. The van der Waals surface area contributed by atoms with E-state index in [9.17, 15) is 0 Å². The van der Waals surface area contributed by atoms with E-state index in [2.05, 4.69) is 24.5 Å².